The summed E-state index contributed by atoms with van der Waals surface area (Å²) >= 11 is 6.78. The van der Waals surface area contributed by atoms with E-state index in [-0.39, 0.29) is 17.7 Å². The first-order chi connectivity index (χ1) is 17.6. The molecule has 1 aromatic heterocycles. The van der Waals surface area contributed by atoms with Gasteiger partial charge in [-0.3, -0.25) is 4.79 Å². The molecule has 7 nitrogen and oxygen atoms in total. The minimum absolute atomic E-state index is 0.0736. The number of anilines is 1. The van der Waals surface area contributed by atoms with Gasteiger partial charge in [-0.1, -0.05) is 23.7 Å². The molecule has 0 radical (unpaired) electrons. The first-order valence-electron chi connectivity index (χ1n) is 12.8. The van der Waals surface area contributed by atoms with Gasteiger partial charge in [-0.25, -0.2) is 4.79 Å². The molecule has 8 heteroatoms. The molecule has 1 aliphatic rings. The van der Waals surface area contributed by atoms with E-state index in [0.29, 0.717) is 30.0 Å². The Balaban J connectivity index is 1.52. The summed E-state index contributed by atoms with van der Waals surface area (Å²) in [6.07, 6.45) is 3.22. The maximum atomic E-state index is 13.3. The van der Waals surface area contributed by atoms with E-state index in [1.54, 1.807) is 22.6 Å². The lowest BCUT2D eigenvalue weighted by atomic mass is 10.0. The highest BCUT2D eigenvalue weighted by atomic mass is 35.5. The van der Waals surface area contributed by atoms with E-state index in [1.807, 2.05) is 63.4 Å². The average molecular weight is 526 g/mol. The van der Waals surface area contributed by atoms with Crippen LogP contribution in [-0.4, -0.2) is 53.9 Å². The number of carbonyl (C=O) groups excluding carboxylic acids is 1. The number of fused-ring (bicyclic) bond motifs is 1. The Hall–Kier alpha value is -3.19. The lowest BCUT2D eigenvalue weighted by Gasteiger charge is -2.40. The molecule has 198 valence electrons. The van der Waals surface area contributed by atoms with Crippen molar-refractivity contribution in [1.82, 2.24) is 9.47 Å². The molecule has 0 bridgehead atoms. The number of methoxy groups -OCH3 is 1. The van der Waals surface area contributed by atoms with Crippen molar-refractivity contribution in [3.8, 4) is 5.75 Å². The molecule has 2 aromatic carbocycles. The molecular formula is C29H36ClN3O4. The lowest BCUT2D eigenvalue weighted by molar-refractivity contribution is 0.0205. The lowest BCUT2D eigenvalue weighted by Crippen LogP contribution is -2.48. The number of hydrogen-bond acceptors (Lipinski definition) is 5. The van der Waals surface area contributed by atoms with Crippen LogP contribution in [0.5, 0.6) is 5.75 Å². The Labute approximate surface area is 223 Å². The number of amides is 1. The van der Waals surface area contributed by atoms with Crippen LogP contribution in [0.15, 0.2) is 53.5 Å². The van der Waals surface area contributed by atoms with Gasteiger partial charge in [-0.2, -0.15) is 0 Å². The Morgan fingerprint density at radius 3 is 2.38 bits per heavy atom. The maximum Gasteiger partial charge on any atom is 0.410 e. The molecule has 0 atom stereocenters. The minimum Gasteiger partial charge on any atom is -0.497 e. The molecule has 37 heavy (non-hydrogen) atoms. The zero-order chi connectivity index (χ0) is 26.7. The summed E-state index contributed by atoms with van der Waals surface area (Å²) in [4.78, 5) is 29.8. The van der Waals surface area contributed by atoms with Crippen LogP contribution >= 0.6 is 11.6 Å². The molecule has 1 aliphatic heterocycles. The van der Waals surface area contributed by atoms with Gasteiger partial charge >= 0.3 is 6.09 Å². The quantitative estimate of drug-likeness (QED) is 0.398. The van der Waals surface area contributed by atoms with Gasteiger partial charge in [0.15, 0.2) is 0 Å². The largest absolute Gasteiger partial charge is 0.497 e. The molecule has 0 N–H and O–H groups in total. The molecule has 2 heterocycles. The Morgan fingerprint density at radius 2 is 1.78 bits per heavy atom. The van der Waals surface area contributed by atoms with Gasteiger partial charge < -0.3 is 23.8 Å². The van der Waals surface area contributed by atoms with Crippen LogP contribution in [0.3, 0.4) is 0 Å². The number of ether oxygens (including phenoxy) is 2. The summed E-state index contributed by atoms with van der Waals surface area (Å²) in [6, 6.07) is 13.7. The number of piperidine rings is 1. The summed E-state index contributed by atoms with van der Waals surface area (Å²) in [5, 5.41) is 2.02. The van der Waals surface area contributed by atoms with E-state index in [0.717, 1.165) is 41.8 Å². The van der Waals surface area contributed by atoms with E-state index in [9.17, 15) is 9.59 Å². The highest BCUT2D eigenvalue weighted by Gasteiger charge is 2.30. The highest BCUT2D eigenvalue weighted by molar-refractivity contribution is 6.34. The standard InChI is InChI=1S/C29H36ClN3O4/c1-6-33(22-12-15-31(16-13-22)28(35)37-29(2,3)4)26-17-21-11-14-32(27(34)24(21)18-25(26)30)19-20-7-9-23(36-5)10-8-20/h7-11,14,17-18,22H,6,12-13,15-16,19H2,1-5H3. The van der Waals surface area contributed by atoms with Crippen LogP contribution < -0.4 is 15.2 Å². The first kappa shape index (κ1) is 26.9. The number of hydrogen-bond donors (Lipinski definition) is 0. The summed E-state index contributed by atoms with van der Waals surface area (Å²) in [6.45, 7) is 10.3. The van der Waals surface area contributed by atoms with Crippen molar-refractivity contribution in [2.45, 2.75) is 58.7 Å². The molecule has 4 rings (SSSR count). The van der Waals surface area contributed by atoms with Crippen LogP contribution in [0, 0.1) is 0 Å². The third kappa shape index (κ3) is 6.21. The molecule has 1 amide bonds. The van der Waals surface area contributed by atoms with Crippen molar-refractivity contribution in [3.63, 3.8) is 0 Å². The highest BCUT2D eigenvalue weighted by Crippen LogP contribution is 2.33. The number of likely N-dealkylation sites (tertiary alicyclic amines) is 1. The van der Waals surface area contributed by atoms with E-state index in [4.69, 9.17) is 21.1 Å². The van der Waals surface area contributed by atoms with E-state index in [1.165, 1.54) is 0 Å². The van der Waals surface area contributed by atoms with Crippen molar-refractivity contribution in [2.24, 2.45) is 0 Å². The topological polar surface area (TPSA) is 64.0 Å². The first-order valence-corrected chi connectivity index (χ1v) is 13.2. The number of nitrogens with zero attached hydrogens (tertiary/aromatic N) is 3. The van der Waals surface area contributed by atoms with Crippen molar-refractivity contribution in [1.29, 1.82) is 0 Å². The van der Waals surface area contributed by atoms with E-state index in [2.05, 4.69) is 11.8 Å². The monoisotopic (exact) mass is 525 g/mol. The molecule has 0 unspecified atom stereocenters. The summed E-state index contributed by atoms with van der Waals surface area (Å²) in [5.74, 6) is 0.782. The number of aromatic nitrogens is 1. The number of carbonyl (C=O) groups is 1. The van der Waals surface area contributed by atoms with Gasteiger partial charge in [0, 0.05) is 37.3 Å². The second kappa shape index (κ2) is 11.1. The predicted molar refractivity (Wildman–Crippen MR) is 149 cm³/mol. The second-order valence-electron chi connectivity index (χ2n) is 10.5. The van der Waals surface area contributed by atoms with Crippen molar-refractivity contribution in [3.05, 3.63) is 69.6 Å². The Bertz CT molecular complexity index is 1310. The number of pyridine rings is 1. The van der Waals surface area contributed by atoms with Gasteiger partial charge in [0.2, 0.25) is 0 Å². The van der Waals surface area contributed by atoms with Crippen molar-refractivity contribution in [2.75, 3.05) is 31.6 Å². The molecule has 0 saturated carbocycles. The van der Waals surface area contributed by atoms with E-state index >= 15 is 0 Å². The Morgan fingerprint density at radius 1 is 1.11 bits per heavy atom. The van der Waals surface area contributed by atoms with Crippen LogP contribution in [0.4, 0.5) is 10.5 Å². The predicted octanol–water partition coefficient (Wildman–Crippen LogP) is 5.94. The van der Waals surface area contributed by atoms with Gasteiger partial charge in [-0.15, -0.1) is 0 Å². The van der Waals surface area contributed by atoms with Crippen molar-refractivity contribution < 1.29 is 14.3 Å². The molecule has 1 fully saturated rings. The van der Waals surface area contributed by atoms with Crippen LogP contribution in [0.25, 0.3) is 10.8 Å². The van der Waals surface area contributed by atoms with Gasteiger partial charge in [0.1, 0.15) is 11.4 Å². The summed E-state index contributed by atoms with van der Waals surface area (Å²) < 4.78 is 12.5. The van der Waals surface area contributed by atoms with Gasteiger partial charge in [-0.05, 0) is 81.8 Å². The third-order valence-electron chi connectivity index (χ3n) is 6.76. The number of halogens is 1. The number of benzene rings is 2. The molecule has 0 spiro atoms. The molecule has 3 aromatic rings. The molecule has 0 aliphatic carbocycles. The summed E-state index contributed by atoms with van der Waals surface area (Å²) in [5.41, 5.74) is 1.35. The normalized spacial score (nSPS) is 14.6. The third-order valence-corrected chi connectivity index (χ3v) is 7.07. The smallest absolute Gasteiger partial charge is 0.410 e. The maximum absolute atomic E-state index is 13.3. The minimum atomic E-state index is -0.505. The fourth-order valence-corrected chi connectivity index (χ4v) is 5.15. The van der Waals surface area contributed by atoms with Crippen molar-refractivity contribution >= 4 is 34.2 Å². The average Bonchev–Trinajstić information content (AvgIpc) is 2.87. The van der Waals surface area contributed by atoms with Crippen LogP contribution in [-0.2, 0) is 11.3 Å². The fraction of sp³-hybridized carbons (Fsp3) is 0.448. The number of rotatable bonds is 6. The fourth-order valence-electron chi connectivity index (χ4n) is 4.88. The van der Waals surface area contributed by atoms with Crippen LogP contribution in [0.2, 0.25) is 5.02 Å². The van der Waals surface area contributed by atoms with Gasteiger partial charge in [0.25, 0.3) is 5.56 Å². The van der Waals surface area contributed by atoms with Gasteiger partial charge in [0.05, 0.1) is 24.4 Å². The second-order valence-corrected chi connectivity index (χ2v) is 10.9. The SMILES string of the molecule is CCN(c1cc2ccn(Cc3ccc(OC)cc3)c(=O)c2cc1Cl)C1CCN(C(=O)OC(C)(C)C)CC1. The van der Waals surface area contributed by atoms with E-state index < -0.39 is 5.60 Å². The summed E-state index contributed by atoms with van der Waals surface area (Å²) in [7, 11) is 1.63. The Kier molecular flexibility index (Phi) is 8.02. The molecular weight excluding hydrogens is 490 g/mol. The zero-order valence-corrected chi connectivity index (χ0v) is 23.0. The van der Waals surface area contributed by atoms with Crippen LogP contribution in [0.1, 0.15) is 46.1 Å². The molecule has 1 saturated heterocycles. The zero-order valence-electron chi connectivity index (χ0n) is 22.3.